The minimum Gasteiger partial charge on any atom is -0.396 e. The van der Waals surface area contributed by atoms with E-state index in [2.05, 4.69) is 17.2 Å². The fourth-order valence-electron chi connectivity index (χ4n) is 1.96. The Labute approximate surface area is 101 Å². The van der Waals surface area contributed by atoms with E-state index in [4.69, 9.17) is 5.73 Å². The molecule has 0 bridgehead atoms. The van der Waals surface area contributed by atoms with Crippen LogP contribution in [-0.2, 0) is 0 Å². The number of nitrogens with one attached hydrogen (secondary N) is 1. The maximum atomic E-state index is 5.89. The van der Waals surface area contributed by atoms with Gasteiger partial charge < -0.3 is 11.1 Å². The molecule has 16 heavy (non-hydrogen) atoms. The van der Waals surface area contributed by atoms with E-state index in [-0.39, 0.29) is 0 Å². The zero-order chi connectivity index (χ0) is 11.6. The van der Waals surface area contributed by atoms with Gasteiger partial charge in [0.25, 0.3) is 0 Å². The van der Waals surface area contributed by atoms with E-state index >= 15 is 0 Å². The summed E-state index contributed by atoms with van der Waals surface area (Å²) in [4.78, 5) is 4.42. The number of hydrogen-bond acceptors (Lipinski definition) is 4. The molecule has 1 unspecified atom stereocenters. The largest absolute Gasteiger partial charge is 0.396 e. The lowest BCUT2D eigenvalue weighted by molar-refractivity contribution is 0.634. The number of pyridine rings is 1. The van der Waals surface area contributed by atoms with E-state index < -0.39 is 0 Å². The molecule has 3 N–H and O–H groups in total. The lowest BCUT2D eigenvalue weighted by Gasteiger charge is -2.23. The average Bonchev–Trinajstić information content (AvgIpc) is 2.67. The Hall–Kier alpha value is -0.900. The van der Waals surface area contributed by atoms with Crippen LogP contribution in [0.1, 0.15) is 25.5 Å². The number of rotatable bonds is 3. The van der Waals surface area contributed by atoms with Crippen molar-refractivity contribution < 1.29 is 0 Å². The molecule has 2 heterocycles. The van der Waals surface area contributed by atoms with Gasteiger partial charge in [0.2, 0.25) is 0 Å². The fraction of sp³-hybridized carbons (Fsp3) is 0.583. The standard InChI is InChI=1S/C12H19N3S/c1-9-4-5-10(13)11(15-9)14-8-12(2)6-3-7-16-12/h4-5H,3,6-8,13H2,1-2H3,(H,14,15). The number of nitrogen functional groups attached to an aromatic ring is 1. The Morgan fingerprint density at radius 1 is 1.56 bits per heavy atom. The van der Waals surface area contributed by atoms with Crippen LogP contribution >= 0.6 is 11.8 Å². The van der Waals surface area contributed by atoms with Crippen molar-refractivity contribution in [2.75, 3.05) is 23.3 Å². The van der Waals surface area contributed by atoms with E-state index in [0.29, 0.717) is 4.75 Å². The summed E-state index contributed by atoms with van der Waals surface area (Å²) in [5.74, 6) is 2.10. The van der Waals surface area contributed by atoms with Crippen molar-refractivity contribution in [1.29, 1.82) is 0 Å². The quantitative estimate of drug-likeness (QED) is 0.848. The lowest BCUT2D eigenvalue weighted by atomic mass is 10.1. The van der Waals surface area contributed by atoms with Crippen LogP contribution < -0.4 is 11.1 Å². The summed E-state index contributed by atoms with van der Waals surface area (Å²) >= 11 is 2.04. The highest BCUT2D eigenvalue weighted by Crippen LogP contribution is 2.37. The summed E-state index contributed by atoms with van der Waals surface area (Å²) < 4.78 is 0.345. The van der Waals surface area contributed by atoms with Crippen LogP contribution in [0.5, 0.6) is 0 Å². The minimum absolute atomic E-state index is 0.345. The molecule has 3 nitrogen and oxygen atoms in total. The van der Waals surface area contributed by atoms with E-state index in [9.17, 15) is 0 Å². The highest BCUT2D eigenvalue weighted by atomic mass is 32.2. The van der Waals surface area contributed by atoms with Crippen LogP contribution in [0.15, 0.2) is 12.1 Å². The fourth-order valence-corrected chi connectivity index (χ4v) is 3.20. The van der Waals surface area contributed by atoms with Crippen LogP contribution in [0.2, 0.25) is 0 Å². The number of nitrogens with zero attached hydrogens (tertiary/aromatic N) is 1. The lowest BCUT2D eigenvalue weighted by Crippen LogP contribution is -2.27. The Kier molecular flexibility index (Phi) is 3.28. The summed E-state index contributed by atoms with van der Waals surface area (Å²) in [6.45, 7) is 5.23. The smallest absolute Gasteiger partial charge is 0.149 e. The molecule has 88 valence electrons. The van der Waals surface area contributed by atoms with Crippen molar-refractivity contribution in [3.63, 3.8) is 0 Å². The van der Waals surface area contributed by atoms with Crippen LogP contribution in [0.3, 0.4) is 0 Å². The molecular formula is C12H19N3S. The van der Waals surface area contributed by atoms with E-state index in [1.54, 1.807) is 0 Å². The van der Waals surface area contributed by atoms with Gasteiger partial charge in [0.1, 0.15) is 5.82 Å². The van der Waals surface area contributed by atoms with Crippen molar-refractivity contribution in [2.45, 2.75) is 31.4 Å². The molecule has 1 fully saturated rings. The first-order chi connectivity index (χ1) is 7.59. The second kappa shape index (κ2) is 4.53. The summed E-state index contributed by atoms with van der Waals surface area (Å²) in [5, 5.41) is 3.38. The van der Waals surface area contributed by atoms with Crippen molar-refractivity contribution in [1.82, 2.24) is 4.98 Å². The molecule has 1 atom stereocenters. The first kappa shape index (κ1) is 11.6. The third-order valence-corrected chi connectivity index (χ3v) is 4.53. The number of anilines is 2. The third kappa shape index (κ3) is 2.61. The van der Waals surface area contributed by atoms with Gasteiger partial charge >= 0.3 is 0 Å². The molecule has 1 aliphatic heterocycles. The summed E-state index contributed by atoms with van der Waals surface area (Å²) in [6, 6.07) is 3.85. The van der Waals surface area contributed by atoms with Crippen molar-refractivity contribution >= 4 is 23.3 Å². The molecular weight excluding hydrogens is 218 g/mol. The molecule has 0 aromatic carbocycles. The topological polar surface area (TPSA) is 50.9 Å². The molecule has 0 spiro atoms. The van der Waals surface area contributed by atoms with Gasteiger partial charge in [-0.3, -0.25) is 0 Å². The number of aryl methyl sites for hydroxylation is 1. The maximum absolute atomic E-state index is 5.89. The molecule has 0 radical (unpaired) electrons. The average molecular weight is 237 g/mol. The first-order valence-corrected chi connectivity index (χ1v) is 6.69. The highest BCUT2D eigenvalue weighted by molar-refractivity contribution is 8.00. The van der Waals surface area contributed by atoms with Crippen molar-refractivity contribution in [3.05, 3.63) is 17.8 Å². The van der Waals surface area contributed by atoms with Gasteiger partial charge in [-0.25, -0.2) is 4.98 Å². The summed E-state index contributed by atoms with van der Waals surface area (Å²) in [6.07, 6.45) is 2.59. The normalized spacial score (nSPS) is 24.6. The molecule has 1 aliphatic rings. The maximum Gasteiger partial charge on any atom is 0.149 e. The second-order valence-corrected chi connectivity index (χ2v) is 6.33. The van der Waals surface area contributed by atoms with Crippen LogP contribution in [0, 0.1) is 6.92 Å². The molecule has 0 aliphatic carbocycles. The Balaban J connectivity index is 2.01. The first-order valence-electron chi connectivity index (χ1n) is 5.70. The molecule has 2 rings (SSSR count). The van der Waals surface area contributed by atoms with Gasteiger partial charge in [0, 0.05) is 17.0 Å². The number of hydrogen-bond donors (Lipinski definition) is 2. The Bertz CT molecular complexity index is 373. The number of aromatic nitrogens is 1. The zero-order valence-electron chi connectivity index (χ0n) is 9.92. The van der Waals surface area contributed by atoms with Crippen molar-refractivity contribution in [2.24, 2.45) is 0 Å². The van der Waals surface area contributed by atoms with Gasteiger partial charge in [0.05, 0.1) is 5.69 Å². The minimum atomic E-state index is 0.345. The predicted molar refractivity (Wildman–Crippen MR) is 72.0 cm³/mol. The SMILES string of the molecule is Cc1ccc(N)c(NCC2(C)CCCS2)n1. The molecule has 1 aromatic heterocycles. The highest BCUT2D eigenvalue weighted by Gasteiger charge is 2.29. The summed E-state index contributed by atoms with van der Waals surface area (Å²) in [7, 11) is 0. The molecule has 4 heteroatoms. The van der Waals surface area contributed by atoms with Gasteiger partial charge in [-0.1, -0.05) is 0 Å². The monoisotopic (exact) mass is 237 g/mol. The second-order valence-electron chi connectivity index (χ2n) is 4.65. The van der Waals surface area contributed by atoms with Crippen LogP contribution in [0.4, 0.5) is 11.5 Å². The molecule has 0 saturated carbocycles. The van der Waals surface area contributed by atoms with Gasteiger partial charge in [-0.15, -0.1) is 0 Å². The molecule has 0 amide bonds. The summed E-state index contributed by atoms with van der Waals surface area (Å²) in [5.41, 5.74) is 7.62. The molecule has 1 saturated heterocycles. The van der Waals surface area contributed by atoms with E-state index in [0.717, 1.165) is 23.7 Å². The van der Waals surface area contributed by atoms with Gasteiger partial charge in [0.15, 0.2) is 0 Å². The Morgan fingerprint density at radius 3 is 3.06 bits per heavy atom. The zero-order valence-corrected chi connectivity index (χ0v) is 10.7. The number of nitrogens with two attached hydrogens (primary N) is 1. The number of thioether (sulfide) groups is 1. The third-order valence-electron chi connectivity index (χ3n) is 3.00. The predicted octanol–water partition coefficient (Wildman–Crippen LogP) is 2.67. The van der Waals surface area contributed by atoms with E-state index in [1.807, 2.05) is 30.8 Å². The van der Waals surface area contributed by atoms with Gasteiger partial charge in [-0.05, 0) is 44.6 Å². The molecule has 1 aromatic rings. The van der Waals surface area contributed by atoms with Crippen LogP contribution in [0.25, 0.3) is 0 Å². The van der Waals surface area contributed by atoms with Gasteiger partial charge in [-0.2, -0.15) is 11.8 Å². The van der Waals surface area contributed by atoms with Crippen molar-refractivity contribution in [3.8, 4) is 0 Å². The van der Waals surface area contributed by atoms with E-state index in [1.165, 1.54) is 18.6 Å². The Morgan fingerprint density at radius 2 is 2.38 bits per heavy atom. The van der Waals surface area contributed by atoms with Crippen LogP contribution in [-0.4, -0.2) is 22.0 Å².